The number of oxime groups is 3. The minimum atomic E-state index is -3.23. The van der Waals surface area contributed by atoms with Crippen LogP contribution < -0.4 is 0 Å². The quantitative estimate of drug-likeness (QED) is 0.281. The smallest absolute Gasteiger partial charge is 0.373 e. The third-order valence-corrected chi connectivity index (χ3v) is 6.56. The first-order valence-corrected chi connectivity index (χ1v) is 12.3. The van der Waals surface area contributed by atoms with Crippen molar-refractivity contribution in [3.63, 3.8) is 0 Å². The van der Waals surface area contributed by atoms with Crippen LogP contribution >= 0.6 is 34.0 Å². The van der Waals surface area contributed by atoms with Crippen LogP contribution in [0.1, 0.15) is 14.6 Å². The van der Waals surface area contributed by atoms with E-state index in [0.29, 0.717) is 0 Å². The molecule has 3 aromatic heterocycles. The van der Waals surface area contributed by atoms with Gasteiger partial charge in [-0.15, -0.1) is 49.5 Å². The van der Waals surface area contributed by atoms with Crippen LogP contribution in [0.3, 0.4) is 0 Å². The molecule has 0 saturated heterocycles. The fraction of sp³-hybridized carbons (Fsp3) is 0.0625. The van der Waals surface area contributed by atoms with E-state index in [-0.39, 0.29) is 0 Å². The molecular weight excluding hydrogens is 406 g/mol. The lowest BCUT2D eigenvalue weighted by atomic mass is 10.5. The Kier molecular flexibility index (Phi) is 6.72. The molecule has 0 spiro atoms. The largest absolute Gasteiger partial charge is 0.759 e. The zero-order valence-corrected chi connectivity index (χ0v) is 17.2. The maximum atomic E-state index is 5.49. The van der Waals surface area contributed by atoms with E-state index in [1.54, 1.807) is 59.2 Å². The van der Waals surface area contributed by atoms with Crippen LogP contribution in [-0.4, -0.2) is 27.4 Å². The van der Waals surface area contributed by atoms with Crippen molar-refractivity contribution in [2.75, 3.05) is 0 Å². The molecule has 0 radical (unpaired) electrons. The second-order valence-electron chi connectivity index (χ2n) is 4.89. The molecule has 26 heavy (non-hydrogen) atoms. The third kappa shape index (κ3) is 5.91. The van der Waals surface area contributed by atoms with Crippen LogP contribution in [0.15, 0.2) is 68.0 Å². The highest BCUT2D eigenvalue weighted by atomic mass is 32.1. The molecule has 0 saturated carbocycles. The second-order valence-corrected chi connectivity index (χ2v) is 10.1. The lowest BCUT2D eigenvalue weighted by Crippen LogP contribution is -2.38. The molecule has 0 aliphatic carbocycles. The van der Waals surface area contributed by atoms with Crippen LogP contribution in [0.4, 0.5) is 0 Å². The number of thiophene rings is 3. The van der Waals surface area contributed by atoms with E-state index in [4.69, 9.17) is 13.6 Å². The van der Waals surface area contributed by atoms with Crippen LogP contribution in [0.2, 0.25) is 6.55 Å². The third-order valence-electron chi connectivity index (χ3n) is 2.82. The van der Waals surface area contributed by atoms with E-state index in [1.165, 1.54) is 0 Å². The first-order valence-electron chi connectivity index (χ1n) is 7.49. The molecule has 3 heterocycles. The van der Waals surface area contributed by atoms with Crippen LogP contribution in [0.25, 0.3) is 0 Å². The Morgan fingerprint density at radius 2 is 1.04 bits per heavy atom. The van der Waals surface area contributed by atoms with Gasteiger partial charge in [-0.05, 0) is 34.3 Å². The molecular formula is C16H15N3O3S3Si. The van der Waals surface area contributed by atoms with Gasteiger partial charge in [0.2, 0.25) is 0 Å². The maximum absolute atomic E-state index is 5.49. The van der Waals surface area contributed by atoms with E-state index in [9.17, 15) is 0 Å². The molecule has 0 aliphatic heterocycles. The minimum Gasteiger partial charge on any atom is -0.373 e. The zero-order chi connectivity index (χ0) is 18.1. The summed E-state index contributed by atoms with van der Waals surface area (Å²) in [5.41, 5.74) is 0. The Balaban J connectivity index is 1.64. The fourth-order valence-electron chi connectivity index (χ4n) is 1.67. The van der Waals surface area contributed by atoms with Gasteiger partial charge < -0.3 is 13.6 Å². The number of hydrogen-bond acceptors (Lipinski definition) is 9. The van der Waals surface area contributed by atoms with Gasteiger partial charge >= 0.3 is 8.80 Å². The van der Waals surface area contributed by atoms with Crippen LogP contribution in [-0.2, 0) is 13.6 Å². The summed E-state index contributed by atoms with van der Waals surface area (Å²) in [5, 5.41) is 17.8. The summed E-state index contributed by atoms with van der Waals surface area (Å²) in [7, 11) is -3.23. The Hall–Kier alpha value is -2.27. The number of hydrogen-bond donors (Lipinski definition) is 0. The van der Waals surface area contributed by atoms with Gasteiger partial charge in [0.1, 0.15) is 0 Å². The average molecular weight is 422 g/mol. The predicted molar refractivity (Wildman–Crippen MR) is 111 cm³/mol. The van der Waals surface area contributed by atoms with Crippen molar-refractivity contribution in [3.8, 4) is 0 Å². The van der Waals surface area contributed by atoms with Crippen LogP contribution in [0, 0.1) is 0 Å². The minimum absolute atomic E-state index is 0.963. The first kappa shape index (κ1) is 18.5. The van der Waals surface area contributed by atoms with Gasteiger partial charge in [-0.1, -0.05) is 18.2 Å². The standard InChI is InChI=1S/C16H15N3O3S3Si/c1-26(20-17-11-14-5-2-8-23-14,21-18-12-15-6-3-9-24-15)22-19-13-16-7-4-10-25-16/h2-13H,1H3/b17-11+,18-12+,19-13+. The van der Waals surface area contributed by atoms with Gasteiger partial charge in [-0.3, -0.25) is 0 Å². The monoisotopic (exact) mass is 421 g/mol. The fourth-order valence-corrected chi connectivity index (χ4v) is 4.22. The summed E-state index contributed by atoms with van der Waals surface area (Å²) >= 11 is 4.66. The Morgan fingerprint density at radius 1 is 0.692 bits per heavy atom. The summed E-state index contributed by atoms with van der Waals surface area (Å²) in [4.78, 5) is 2.89. The molecule has 0 N–H and O–H groups in total. The van der Waals surface area contributed by atoms with Gasteiger partial charge in [0.05, 0.1) is 18.6 Å². The summed E-state index contributed by atoms with van der Waals surface area (Å²) in [6.07, 6.45) is 4.82. The zero-order valence-electron chi connectivity index (χ0n) is 13.7. The Morgan fingerprint density at radius 3 is 1.31 bits per heavy atom. The molecule has 0 unspecified atom stereocenters. The predicted octanol–water partition coefficient (Wildman–Crippen LogP) is 4.89. The van der Waals surface area contributed by atoms with Crippen molar-refractivity contribution in [2.45, 2.75) is 6.55 Å². The van der Waals surface area contributed by atoms with Crippen molar-refractivity contribution in [1.29, 1.82) is 0 Å². The highest BCUT2D eigenvalue weighted by molar-refractivity contribution is 7.12. The summed E-state index contributed by atoms with van der Waals surface area (Å²) in [6, 6.07) is 11.6. The molecule has 134 valence electrons. The maximum Gasteiger partial charge on any atom is 0.759 e. The highest BCUT2D eigenvalue weighted by Crippen LogP contribution is 2.14. The van der Waals surface area contributed by atoms with Gasteiger partial charge in [-0.25, -0.2) is 0 Å². The molecule has 0 bridgehead atoms. The van der Waals surface area contributed by atoms with E-state index in [1.807, 2.05) is 52.5 Å². The topological polar surface area (TPSA) is 64.8 Å². The molecule has 0 amide bonds. The molecule has 3 aromatic rings. The highest BCUT2D eigenvalue weighted by Gasteiger charge is 2.45. The molecule has 10 heteroatoms. The van der Waals surface area contributed by atoms with Gasteiger partial charge in [-0.2, -0.15) is 0 Å². The second kappa shape index (κ2) is 9.43. The molecule has 0 aromatic carbocycles. The molecule has 0 aliphatic rings. The summed E-state index contributed by atoms with van der Waals surface area (Å²) < 4.78 is 16.5. The molecule has 3 rings (SSSR count). The van der Waals surface area contributed by atoms with Crippen molar-refractivity contribution in [2.24, 2.45) is 15.5 Å². The average Bonchev–Trinajstić information content (AvgIpc) is 3.39. The molecule has 0 atom stereocenters. The van der Waals surface area contributed by atoms with Crippen LogP contribution in [0.5, 0.6) is 0 Å². The van der Waals surface area contributed by atoms with Crippen molar-refractivity contribution in [3.05, 3.63) is 67.2 Å². The SMILES string of the molecule is C[Si](O/N=C/c1cccs1)(O/N=C/c1cccs1)O/N=C/c1cccs1. The van der Waals surface area contributed by atoms with Crippen molar-refractivity contribution >= 4 is 61.5 Å². The number of rotatable bonds is 9. The van der Waals surface area contributed by atoms with Crippen molar-refractivity contribution in [1.82, 2.24) is 0 Å². The van der Waals surface area contributed by atoms with Gasteiger partial charge in [0.25, 0.3) is 0 Å². The Labute approximate surface area is 164 Å². The molecule has 0 fully saturated rings. The lowest BCUT2D eigenvalue weighted by Gasteiger charge is -2.16. The van der Waals surface area contributed by atoms with Gasteiger partial charge in [0.15, 0.2) is 0 Å². The summed E-state index contributed by atoms with van der Waals surface area (Å²) in [5.74, 6) is 0. The normalized spacial score (nSPS) is 12.3. The Bertz CT molecular complexity index is 734. The first-order chi connectivity index (χ1) is 12.7. The van der Waals surface area contributed by atoms with E-state index >= 15 is 0 Å². The van der Waals surface area contributed by atoms with Crippen molar-refractivity contribution < 1.29 is 13.6 Å². The number of nitrogens with zero attached hydrogens (tertiary/aromatic N) is 3. The van der Waals surface area contributed by atoms with E-state index in [2.05, 4.69) is 15.5 Å². The lowest BCUT2D eigenvalue weighted by molar-refractivity contribution is 0.0748. The van der Waals surface area contributed by atoms with E-state index in [0.717, 1.165) is 14.6 Å². The van der Waals surface area contributed by atoms with Gasteiger partial charge in [0, 0.05) is 21.2 Å². The summed E-state index contributed by atoms with van der Waals surface area (Å²) in [6.45, 7) is 1.68. The molecule has 6 nitrogen and oxygen atoms in total. The van der Waals surface area contributed by atoms with E-state index < -0.39 is 8.80 Å².